The summed E-state index contributed by atoms with van der Waals surface area (Å²) in [5.74, 6) is -0.00334. The summed E-state index contributed by atoms with van der Waals surface area (Å²) in [6, 6.07) is 3.94. The Kier molecular flexibility index (Phi) is 2.84. The molecule has 2 aliphatic rings. The van der Waals surface area contributed by atoms with Crippen molar-refractivity contribution in [1.82, 2.24) is 0 Å². The molecule has 1 aromatic carbocycles. The summed E-state index contributed by atoms with van der Waals surface area (Å²) < 4.78 is 5.53. The Morgan fingerprint density at radius 2 is 2.33 bits per heavy atom. The molecule has 1 aromatic rings. The summed E-state index contributed by atoms with van der Waals surface area (Å²) in [4.78, 5) is 11.5. The minimum Gasteiger partial charge on any atom is -0.386 e. The third kappa shape index (κ3) is 1.91. The first-order valence-corrected chi connectivity index (χ1v) is 6.38. The second-order valence-corrected chi connectivity index (χ2v) is 5.11. The summed E-state index contributed by atoms with van der Waals surface area (Å²) in [6.45, 7) is 2.69. The van der Waals surface area contributed by atoms with Crippen LogP contribution in [0.2, 0.25) is 0 Å². The van der Waals surface area contributed by atoms with Crippen LogP contribution >= 0.6 is 0 Å². The summed E-state index contributed by atoms with van der Waals surface area (Å²) in [7, 11) is 0. The number of ether oxygens (including phenoxy) is 1. The first kappa shape index (κ1) is 11.7. The third-order valence-corrected chi connectivity index (χ3v) is 3.65. The molecule has 4 nitrogen and oxygen atoms in total. The van der Waals surface area contributed by atoms with Gasteiger partial charge in [-0.25, -0.2) is 0 Å². The predicted octanol–water partition coefficient (Wildman–Crippen LogP) is 1.70. The van der Waals surface area contributed by atoms with Gasteiger partial charge in [0.1, 0.15) is 6.10 Å². The molecule has 1 fully saturated rings. The van der Waals surface area contributed by atoms with Gasteiger partial charge >= 0.3 is 0 Å². The third-order valence-electron chi connectivity index (χ3n) is 3.65. The van der Waals surface area contributed by atoms with E-state index in [1.54, 1.807) is 0 Å². The molecule has 1 amide bonds. The van der Waals surface area contributed by atoms with Gasteiger partial charge in [-0.3, -0.25) is 4.79 Å². The number of rotatable bonds is 2. The molecule has 1 saturated heterocycles. The highest BCUT2D eigenvalue weighted by atomic mass is 16.5. The summed E-state index contributed by atoms with van der Waals surface area (Å²) in [5, 5.41) is 13.3. The second kappa shape index (κ2) is 4.37. The molecule has 0 spiro atoms. The average Bonchev–Trinajstić information content (AvgIpc) is 2.94. The Bertz CT molecular complexity index is 492. The average molecular weight is 247 g/mol. The van der Waals surface area contributed by atoms with E-state index in [-0.39, 0.29) is 12.0 Å². The van der Waals surface area contributed by atoms with E-state index in [9.17, 15) is 9.90 Å². The molecule has 2 unspecified atom stereocenters. The molecule has 0 aromatic heterocycles. The molecule has 2 N–H and O–H groups in total. The van der Waals surface area contributed by atoms with Crippen molar-refractivity contribution in [3.05, 3.63) is 28.8 Å². The molecule has 2 atom stereocenters. The number of nitrogens with one attached hydrogen (secondary N) is 1. The number of carbonyl (C=O) groups excluding carboxylic acids is 1. The van der Waals surface area contributed by atoms with Crippen LogP contribution in [0.15, 0.2) is 12.1 Å². The maximum Gasteiger partial charge on any atom is 0.228 e. The molecule has 0 bridgehead atoms. The van der Waals surface area contributed by atoms with E-state index in [2.05, 4.69) is 5.32 Å². The first-order valence-electron chi connectivity index (χ1n) is 6.38. The lowest BCUT2D eigenvalue weighted by Gasteiger charge is -2.21. The number of aliphatic hydroxyl groups is 1. The molecular formula is C14H17NO3. The number of fused-ring (bicyclic) bond motifs is 1. The zero-order valence-corrected chi connectivity index (χ0v) is 10.4. The first-order chi connectivity index (χ1) is 8.65. The lowest BCUT2D eigenvalue weighted by Crippen LogP contribution is -2.18. The number of anilines is 1. The molecule has 0 aliphatic carbocycles. The fourth-order valence-corrected chi connectivity index (χ4v) is 2.83. The van der Waals surface area contributed by atoms with Gasteiger partial charge in [0.15, 0.2) is 0 Å². The Morgan fingerprint density at radius 3 is 3.06 bits per heavy atom. The fraction of sp³-hybridized carbons (Fsp3) is 0.500. The monoisotopic (exact) mass is 247 g/mol. The van der Waals surface area contributed by atoms with Crippen LogP contribution in [0.5, 0.6) is 0 Å². The molecule has 4 heteroatoms. The van der Waals surface area contributed by atoms with Crippen molar-refractivity contribution in [3.8, 4) is 0 Å². The van der Waals surface area contributed by atoms with Gasteiger partial charge < -0.3 is 15.2 Å². The van der Waals surface area contributed by atoms with Gasteiger partial charge in [-0.2, -0.15) is 0 Å². The van der Waals surface area contributed by atoms with Gasteiger partial charge in [-0.15, -0.1) is 0 Å². The number of hydrogen-bond acceptors (Lipinski definition) is 3. The van der Waals surface area contributed by atoms with E-state index in [0.29, 0.717) is 13.0 Å². The van der Waals surface area contributed by atoms with E-state index in [4.69, 9.17) is 4.74 Å². The van der Waals surface area contributed by atoms with Crippen LogP contribution in [-0.4, -0.2) is 23.7 Å². The second-order valence-electron chi connectivity index (χ2n) is 5.11. The molecule has 96 valence electrons. The van der Waals surface area contributed by atoms with Crippen molar-refractivity contribution in [1.29, 1.82) is 0 Å². The SMILES string of the molecule is Cc1cc2c(c(C(O)C3CCCO3)c1)NC(=O)C2. The molecule has 0 radical (unpaired) electrons. The minimum absolute atomic E-state index is 0.00334. The largest absolute Gasteiger partial charge is 0.386 e. The van der Waals surface area contributed by atoms with Crippen molar-refractivity contribution < 1.29 is 14.6 Å². The van der Waals surface area contributed by atoms with Gasteiger partial charge in [0.2, 0.25) is 5.91 Å². The summed E-state index contributed by atoms with van der Waals surface area (Å²) in [5.41, 5.74) is 3.63. The van der Waals surface area contributed by atoms with Crippen molar-refractivity contribution >= 4 is 11.6 Å². The van der Waals surface area contributed by atoms with E-state index in [1.807, 2.05) is 19.1 Å². The summed E-state index contributed by atoms with van der Waals surface area (Å²) >= 11 is 0. The predicted molar refractivity (Wildman–Crippen MR) is 67.4 cm³/mol. The lowest BCUT2D eigenvalue weighted by molar-refractivity contribution is -0.115. The quantitative estimate of drug-likeness (QED) is 0.836. The summed E-state index contributed by atoms with van der Waals surface area (Å²) in [6.07, 6.45) is 1.47. The van der Waals surface area contributed by atoms with Crippen molar-refractivity contribution in [2.45, 2.75) is 38.4 Å². The molecule has 0 saturated carbocycles. The molecule has 2 heterocycles. The highest BCUT2D eigenvalue weighted by Crippen LogP contribution is 2.36. The van der Waals surface area contributed by atoms with Gasteiger partial charge in [0.25, 0.3) is 0 Å². The number of aryl methyl sites for hydroxylation is 1. The zero-order valence-electron chi connectivity index (χ0n) is 10.4. The Morgan fingerprint density at radius 1 is 1.50 bits per heavy atom. The van der Waals surface area contributed by atoms with Crippen LogP contribution in [-0.2, 0) is 16.0 Å². The minimum atomic E-state index is -0.653. The van der Waals surface area contributed by atoms with E-state index in [1.165, 1.54) is 0 Å². The molecule has 2 aliphatic heterocycles. The van der Waals surface area contributed by atoms with Crippen LogP contribution < -0.4 is 5.32 Å². The van der Waals surface area contributed by atoms with Gasteiger partial charge in [-0.05, 0) is 25.3 Å². The molecule has 3 rings (SSSR count). The van der Waals surface area contributed by atoms with Crippen molar-refractivity contribution in [2.75, 3.05) is 11.9 Å². The smallest absolute Gasteiger partial charge is 0.228 e. The lowest BCUT2D eigenvalue weighted by atomic mass is 9.96. The van der Waals surface area contributed by atoms with Crippen LogP contribution in [0.25, 0.3) is 0 Å². The maximum atomic E-state index is 11.5. The van der Waals surface area contributed by atoms with Crippen LogP contribution in [0, 0.1) is 6.92 Å². The maximum absolute atomic E-state index is 11.5. The van der Waals surface area contributed by atoms with Crippen LogP contribution in [0.3, 0.4) is 0 Å². The fourth-order valence-electron chi connectivity index (χ4n) is 2.83. The van der Waals surface area contributed by atoms with Gasteiger partial charge in [0.05, 0.1) is 18.2 Å². The standard InChI is InChI=1S/C14H17NO3/c1-8-5-9-7-12(16)15-13(9)10(6-8)14(17)11-3-2-4-18-11/h5-6,11,14,17H,2-4,7H2,1H3,(H,15,16). The number of aliphatic hydroxyl groups excluding tert-OH is 1. The van der Waals surface area contributed by atoms with E-state index >= 15 is 0 Å². The normalized spacial score (nSPS) is 23.9. The highest BCUT2D eigenvalue weighted by molar-refractivity contribution is 6.00. The Balaban J connectivity index is 1.98. The van der Waals surface area contributed by atoms with Crippen LogP contribution in [0.4, 0.5) is 5.69 Å². The van der Waals surface area contributed by atoms with Gasteiger partial charge in [0, 0.05) is 12.2 Å². The highest BCUT2D eigenvalue weighted by Gasteiger charge is 2.30. The zero-order chi connectivity index (χ0) is 12.7. The number of carbonyl (C=O) groups is 1. The van der Waals surface area contributed by atoms with Crippen molar-refractivity contribution in [2.24, 2.45) is 0 Å². The topological polar surface area (TPSA) is 58.6 Å². The Hall–Kier alpha value is -1.39. The van der Waals surface area contributed by atoms with E-state index in [0.717, 1.165) is 35.2 Å². The molecule has 18 heavy (non-hydrogen) atoms. The van der Waals surface area contributed by atoms with Crippen LogP contribution in [0.1, 0.15) is 35.6 Å². The number of hydrogen-bond donors (Lipinski definition) is 2. The Labute approximate surface area is 106 Å². The van der Waals surface area contributed by atoms with E-state index < -0.39 is 6.10 Å². The number of benzene rings is 1. The van der Waals surface area contributed by atoms with Crippen molar-refractivity contribution in [3.63, 3.8) is 0 Å². The van der Waals surface area contributed by atoms with Gasteiger partial charge in [-0.1, -0.05) is 17.7 Å². The number of amides is 1. The molecular weight excluding hydrogens is 230 g/mol.